The van der Waals surface area contributed by atoms with Crippen molar-refractivity contribution in [1.82, 2.24) is 9.55 Å². The molecule has 0 aliphatic rings. The van der Waals surface area contributed by atoms with Gasteiger partial charge in [0.15, 0.2) is 0 Å². The Balaban J connectivity index is 1.71. The number of imidazole rings is 1. The summed E-state index contributed by atoms with van der Waals surface area (Å²) >= 11 is 0. The summed E-state index contributed by atoms with van der Waals surface area (Å²) in [5.74, 6) is 1.96. The number of hydrogen-bond acceptors (Lipinski definition) is 2. The first-order valence-electron chi connectivity index (χ1n) is 8.85. The summed E-state index contributed by atoms with van der Waals surface area (Å²) in [6.45, 7) is 2.94. The van der Waals surface area contributed by atoms with Crippen LogP contribution in [0.1, 0.15) is 22.5 Å². The second kappa shape index (κ2) is 7.04. The van der Waals surface area contributed by atoms with Crippen molar-refractivity contribution in [3.8, 4) is 5.75 Å². The third-order valence-electron chi connectivity index (χ3n) is 4.72. The quantitative estimate of drug-likeness (QED) is 0.511. The molecule has 0 saturated carbocycles. The Bertz CT molecular complexity index is 1010. The Hall–Kier alpha value is -3.07. The zero-order chi connectivity index (χ0) is 17.9. The van der Waals surface area contributed by atoms with Crippen molar-refractivity contribution in [3.05, 3.63) is 95.3 Å². The molecule has 4 aromatic rings. The molecule has 0 spiro atoms. The van der Waals surface area contributed by atoms with Crippen LogP contribution >= 0.6 is 0 Å². The molecule has 3 heteroatoms. The number of ether oxygens (including phenoxy) is 1. The van der Waals surface area contributed by atoms with Gasteiger partial charge in [-0.15, -0.1) is 0 Å². The van der Waals surface area contributed by atoms with Gasteiger partial charge >= 0.3 is 0 Å². The van der Waals surface area contributed by atoms with Crippen LogP contribution in [-0.2, 0) is 13.0 Å². The molecule has 3 nitrogen and oxygen atoms in total. The molecule has 0 amide bonds. The Morgan fingerprint density at radius 3 is 2.27 bits per heavy atom. The van der Waals surface area contributed by atoms with E-state index >= 15 is 0 Å². The minimum absolute atomic E-state index is 0.796. The summed E-state index contributed by atoms with van der Waals surface area (Å²) in [7, 11) is 1.69. The fourth-order valence-corrected chi connectivity index (χ4v) is 3.24. The van der Waals surface area contributed by atoms with Crippen molar-refractivity contribution in [1.29, 1.82) is 0 Å². The van der Waals surface area contributed by atoms with Gasteiger partial charge in [0.25, 0.3) is 0 Å². The minimum atomic E-state index is 0.796. The average molecular weight is 342 g/mol. The Kier molecular flexibility index (Phi) is 4.44. The van der Waals surface area contributed by atoms with Crippen LogP contribution in [0.3, 0.4) is 0 Å². The van der Waals surface area contributed by atoms with Gasteiger partial charge in [0.05, 0.1) is 18.1 Å². The van der Waals surface area contributed by atoms with Gasteiger partial charge in [0.2, 0.25) is 0 Å². The molecule has 0 unspecified atom stereocenters. The van der Waals surface area contributed by atoms with E-state index in [4.69, 9.17) is 9.72 Å². The standard InChI is InChI=1S/C23H22N2O/c1-17-7-9-19(10-8-17)16-25-22-6-4-3-5-21(22)24-23(25)15-18-11-13-20(26-2)14-12-18/h3-14H,15-16H2,1-2H3. The number of hydrogen-bond donors (Lipinski definition) is 0. The molecule has 0 fully saturated rings. The predicted octanol–water partition coefficient (Wildman–Crippen LogP) is 4.99. The maximum atomic E-state index is 5.26. The van der Waals surface area contributed by atoms with Crippen LogP contribution in [-0.4, -0.2) is 16.7 Å². The van der Waals surface area contributed by atoms with Crippen LogP contribution in [0, 0.1) is 6.92 Å². The van der Waals surface area contributed by atoms with Gasteiger partial charge < -0.3 is 9.30 Å². The summed E-state index contributed by atoms with van der Waals surface area (Å²) in [6.07, 6.45) is 0.796. The number of methoxy groups -OCH3 is 1. The molecule has 4 rings (SSSR count). The van der Waals surface area contributed by atoms with Gasteiger partial charge in [-0.2, -0.15) is 0 Å². The van der Waals surface area contributed by atoms with Gasteiger partial charge in [-0.25, -0.2) is 4.98 Å². The molecule has 0 aliphatic heterocycles. The number of fused-ring (bicyclic) bond motifs is 1. The first kappa shape index (κ1) is 16.4. The Labute approximate surface area is 153 Å². The van der Waals surface area contributed by atoms with E-state index in [1.54, 1.807) is 7.11 Å². The molecular weight excluding hydrogens is 320 g/mol. The van der Waals surface area contributed by atoms with Gasteiger partial charge in [-0.05, 0) is 42.3 Å². The molecule has 26 heavy (non-hydrogen) atoms. The van der Waals surface area contributed by atoms with Crippen molar-refractivity contribution >= 4 is 11.0 Å². The van der Waals surface area contributed by atoms with E-state index < -0.39 is 0 Å². The first-order chi connectivity index (χ1) is 12.7. The summed E-state index contributed by atoms with van der Waals surface area (Å²) in [6, 6.07) is 25.3. The van der Waals surface area contributed by atoms with Crippen molar-refractivity contribution in [2.45, 2.75) is 19.9 Å². The molecular formula is C23H22N2O. The first-order valence-corrected chi connectivity index (χ1v) is 8.85. The van der Waals surface area contributed by atoms with Crippen LogP contribution in [0.2, 0.25) is 0 Å². The third-order valence-corrected chi connectivity index (χ3v) is 4.72. The number of benzene rings is 3. The Morgan fingerprint density at radius 1 is 0.846 bits per heavy atom. The maximum absolute atomic E-state index is 5.26. The number of aryl methyl sites for hydroxylation is 1. The van der Waals surface area contributed by atoms with Gasteiger partial charge in [-0.3, -0.25) is 0 Å². The van der Waals surface area contributed by atoms with E-state index in [1.807, 2.05) is 18.2 Å². The predicted molar refractivity (Wildman–Crippen MR) is 106 cm³/mol. The molecule has 130 valence electrons. The van der Waals surface area contributed by atoms with Crippen LogP contribution in [0.25, 0.3) is 11.0 Å². The fraction of sp³-hybridized carbons (Fsp3) is 0.174. The third kappa shape index (κ3) is 3.33. The molecule has 1 heterocycles. The zero-order valence-corrected chi connectivity index (χ0v) is 15.1. The lowest BCUT2D eigenvalue weighted by Crippen LogP contribution is -2.06. The number of aromatic nitrogens is 2. The summed E-state index contributed by atoms with van der Waals surface area (Å²) in [4.78, 5) is 4.90. The smallest absolute Gasteiger partial charge is 0.118 e. The van der Waals surface area contributed by atoms with Crippen LogP contribution in [0.4, 0.5) is 0 Å². The molecule has 0 N–H and O–H groups in total. The molecule has 1 aromatic heterocycles. The SMILES string of the molecule is COc1ccc(Cc2nc3ccccc3n2Cc2ccc(C)cc2)cc1. The van der Waals surface area contributed by atoms with Gasteiger partial charge in [0.1, 0.15) is 11.6 Å². The van der Waals surface area contributed by atoms with Crippen molar-refractivity contribution in [2.24, 2.45) is 0 Å². The van der Waals surface area contributed by atoms with E-state index in [9.17, 15) is 0 Å². The zero-order valence-electron chi connectivity index (χ0n) is 15.1. The van der Waals surface area contributed by atoms with E-state index in [2.05, 4.69) is 66.1 Å². The summed E-state index contributed by atoms with van der Waals surface area (Å²) < 4.78 is 7.58. The second-order valence-electron chi connectivity index (χ2n) is 6.61. The van der Waals surface area contributed by atoms with E-state index in [-0.39, 0.29) is 0 Å². The molecule has 3 aromatic carbocycles. The highest BCUT2D eigenvalue weighted by Gasteiger charge is 2.11. The molecule has 0 aliphatic carbocycles. The van der Waals surface area contributed by atoms with E-state index in [0.717, 1.165) is 30.1 Å². The lowest BCUT2D eigenvalue weighted by Gasteiger charge is -2.10. The molecule has 0 atom stereocenters. The number of nitrogens with zero attached hydrogens (tertiary/aromatic N) is 2. The molecule has 0 bridgehead atoms. The topological polar surface area (TPSA) is 27.1 Å². The highest BCUT2D eigenvalue weighted by atomic mass is 16.5. The normalized spacial score (nSPS) is 11.0. The fourth-order valence-electron chi connectivity index (χ4n) is 3.24. The average Bonchev–Trinajstić information content (AvgIpc) is 3.01. The van der Waals surface area contributed by atoms with E-state index in [1.165, 1.54) is 22.2 Å². The molecule has 0 radical (unpaired) electrons. The van der Waals surface area contributed by atoms with Gasteiger partial charge in [-0.1, -0.05) is 54.1 Å². The lowest BCUT2D eigenvalue weighted by atomic mass is 10.1. The van der Waals surface area contributed by atoms with Crippen LogP contribution in [0.5, 0.6) is 5.75 Å². The van der Waals surface area contributed by atoms with Crippen LogP contribution < -0.4 is 4.74 Å². The van der Waals surface area contributed by atoms with Gasteiger partial charge in [0, 0.05) is 13.0 Å². The molecule has 0 saturated heterocycles. The maximum Gasteiger partial charge on any atom is 0.118 e. The monoisotopic (exact) mass is 342 g/mol. The summed E-state index contributed by atoms with van der Waals surface area (Å²) in [5.41, 5.74) is 6.02. The van der Waals surface area contributed by atoms with Crippen molar-refractivity contribution in [2.75, 3.05) is 7.11 Å². The summed E-state index contributed by atoms with van der Waals surface area (Å²) in [5, 5.41) is 0. The number of rotatable bonds is 5. The second-order valence-corrected chi connectivity index (χ2v) is 6.61. The number of para-hydroxylation sites is 2. The highest BCUT2D eigenvalue weighted by molar-refractivity contribution is 5.76. The van der Waals surface area contributed by atoms with Crippen LogP contribution in [0.15, 0.2) is 72.8 Å². The van der Waals surface area contributed by atoms with Crippen molar-refractivity contribution < 1.29 is 4.74 Å². The van der Waals surface area contributed by atoms with Crippen molar-refractivity contribution in [3.63, 3.8) is 0 Å². The lowest BCUT2D eigenvalue weighted by molar-refractivity contribution is 0.414. The largest absolute Gasteiger partial charge is 0.497 e. The highest BCUT2D eigenvalue weighted by Crippen LogP contribution is 2.21. The van der Waals surface area contributed by atoms with E-state index in [0.29, 0.717) is 0 Å². The minimum Gasteiger partial charge on any atom is -0.497 e. The Morgan fingerprint density at radius 2 is 1.54 bits per heavy atom.